The van der Waals surface area contributed by atoms with Gasteiger partial charge in [0.1, 0.15) is 5.82 Å². The van der Waals surface area contributed by atoms with Crippen LogP contribution in [0.25, 0.3) is 21.8 Å². The molecule has 158 valence electrons. The first-order valence-corrected chi connectivity index (χ1v) is 10.8. The molecule has 1 atom stereocenters. The van der Waals surface area contributed by atoms with E-state index in [9.17, 15) is 9.59 Å². The standard InChI is InChI=1S/C24H25N5O2/c1-15(2)29-24(31)17-9-4-3-8-16(17)20(27-29)14-22(30)28-13-7-12-21(28)23-25-18-10-5-6-11-19(18)26-23/h3-6,8-11,15,21H,7,12-14H2,1-2H3,(H,25,26)/t21-/m0/s1. The van der Waals surface area contributed by atoms with Gasteiger partial charge in [-0.3, -0.25) is 9.59 Å². The van der Waals surface area contributed by atoms with Crippen molar-refractivity contribution in [2.75, 3.05) is 6.54 Å². The fourth-order valence-corrected chi connectivity index (χ4v) is 4.48. The van der Waals surface area contributed by atoms with Gasteiger partial charge in [0.15, 0.2) is 0 Å². The molecule has 2 aromatic carbocycles. The molecule has 0 bridgehead atoms. The van der Waals surface area contributed by atoms with Crippen molar-refractivity contribution in [2.24, 2.45) is 0 Å². The van der Waals surface area contributed by atoms with Gasteiger partial charge in [-0.1, -0.05) is 30.3 Å². The van der Waals surface area contributed by atoms with Crippen LogP contribution in [-0.2, 0) is 11.2 Å². The van der Waals surface area contributed by atoms with E-state index in [0.717, 1.165) is 35.1 Å². The zero-order chi connectivity index (χ0) is 21.5. The number of carbonyl (C=O) groups excluding carboxylic acids is 1. The topological polar surface area (TPSA) is 83.9 Å². The number of rotatable bonds is 4. The van der Waals surface area contributed by atoms with E-state index in [0.29, 0.717) is 17.6 Å². The number of imidazole rings is 1. The van der Waals surface area contributed by atoms with Gasteiger partial charge < -0.3 is 9.88 Å². The number of amides is 1. The first-order valence-electron chi connectivity index (χ1n) is 10.8. The summed E-state index contributed by atoms with van der Waals surface area (Å²) in [5, 5.41) is 5.93. The zero-order valence-corrected chi connectivity index (χ0v) is 17.7. The Hall–Kier alpha value is -3.48. The highest BCUT2D eigenvalue weighted by Crippen LogP contribution is 2.32. The van der Waals surface area contributed by atoms with Crippen LogP contribution >= 0.6 is 0 Å². The lowest BCUT2D eigenvalue weighted by Crippen LogP contribution is -2.34. The minimum absolute atomic E-state index is 0.00886. The Balaban J connectivity index is 1.49. The lowest BCUT2D eigenvalue weighted by Gasteiger charge is -2.23. The monoisotopic (exact) mass is 415 g/mol. The minimum atomic E-state index is -0.122. The predicted molar refractivity (Wildman–Crippen MR) is 120 cm³/mol. The lowest BCUT2D eigenvalue weighted by atomic mass is 10.1. The lowest BCUT2D eigenvalue weighted by molar-refractivity contribution is -0.131. The summed E-state index contributed by atoms with van der Waals surface area (Å²) in [5.41, 5.74) is 2.41. The van der Waals surface area contributed by atoms with Crippen molar-refractivity contribution in [1.29, 1.82) is 0 Å². The summed E-state index contributed by atoms with van der Waals surface area (Å²) in [5.74, 6) is 0.839. The van der Waals surface area contributed by atoms with Crippen LogP contribution in [0.1, 0.15) is 50.3 Å². The molecule has 1 amide bonds. The van der Waals surface area contributed by atoms with Crippen LogP contribution in [0.2, 0.25) is 0 Å². The largest absolute Gasteiger partial charge is 0.340 e. The molecule has 7 nitrogen and oxygen atoms in total. The molecule has 1 fully saturated rings. The number of hydrogen-bond donors (Lipinski definition) is 1. The molecule has 3 heterocycles. The molecule has 1 N–H and O–H groups in total. The van der Waals surface area contributed by atoms with E-state index in [1.807, 2.05) is 61.2 Å². The summed E-state index contributed by atoms with van der Waals surface area (Å²) in [6.07, 6.45) is 1.97. The molecule has 2 aromatic heterocycles. The van der Waals surface area contributed by atoms with Crippen molar-refractivity contribution >= 4 is 27.7 Å². The number of benzene rings is 2. The van der Waals surface area contributed by atoms with Gasteiger partial charge in [-0.2, -0.15) is 5.10 Å². The van der Waals surface area contributed by atoms with Gasteiger partial charge in [0.2, 0.25) is 5.91 Å². The predicted octanol–water partition coefficient (Wildman–Crippen LogP) is 3.76. The van der Waals surface area contributed by atoms with Gasteiger partial charge in [-0.05, 0) is 44.9 Å². The van der Waals surface area contributed by atoms with E-state index in [1.165, 1.54) is 4.68 Å². The van der Waals surface area contributed by atoms with Crippen LogP contribution in [0.15, 0.2) is 53.3 Å². The van der Waals surface area contributed by atoms with Crippen LogP contribution in [0, 0.1) is 0 Å². The highest BCUT2D eigenvalue weighted by molar-refractivity contribution is 5.88. The Kier molecular flexibility index (Phi) is 4.81. The first-order chi connectivity index (χ1) is 15.0. The average molecular weight is 415 g/mol. The molecule has 0 radical (unpaired) electrons. The maximum absolute atomic E-state index is 13.4. The van der Waals surface area contributed by atoms with Gasteiger partial charge >= 0.3 is 0 Å². The highest BCUT2D eigenvalue weighted by atomic mass is 16.2. The Morgan fingerprint density at radius 1 is 1.13 bits per heavy atom. The van der Waals surface area contributed by atoms with E-state index < -0.39 is 0 Å². The average Bonchev–Trinajstić information content (AvgIpc) is 3.42. The molecule has 5 rings (SSSR count). The summed E-state index contributed by atoms with van der Waals surface area (Å²) < 4.78 is 1.48. The van der Waals surface area contributed by atoms with Gasteiger partial charge in [0.25, 0.3) is 5.56 Å². The Morgan fingerprint density at radius 3 is 2.65 bits per heavy atom. The van der Waals surface area contributed by atoms with Gasteiger partial charge in [-0.25, -0.2) is 9.67 Å². The summed E-state index contributed by atoms with van der Waals surface area (Å²) in [6, 6.07) is 15.2. The van der Waals surface area contributed by atoms with Crippen LogP contribution < -0.4 is 5.56 Å². The minimum Gasteiger partial charge on any atom is -0.340 e. The number of nitrogens with zero attached hydrogens (tertiary/aromatic N) is 4. The molecule has 31 heavy (non-hydrogen) atoms. The third kappa shape index (κ3) is 3.40. The third-order valence-corrected chi connectivity index (χ3v) is 6.01. The number of likely N-dealkylation sites (tertiary alicyclic amines) is 1. The molecular weight excluding hydrogens is 390 g/mol. The number of aromatic nitrogens is 4. The summed E-state index contributed by atoms with van der Waals surface area (Å²) in [4.78, 5) is 36.2. The second-order valence-corrected chi connectivity index (χ2v) is 8.40. The van der Waals surface area contributed by atoms with E-state index in [4.69, 9.17) is 4.98 Å². The summed E-state index contributed by atoms with van der Waals surface area (Å²) >= 11 is 0. The SMILES string of the molecule is CC(C)n1nc(CC(=O)N2CCC[C@H]2c2nc3ccccc3[nH]2)c2ccccc2c1=O. The molecule has 0 saturated carbocycles. The molecule has 1 aliphatic heterocycles. The van der Waals surface area contributed by atoms with Crippen LogP contribution in [0.5, 0.6) is 0 Å². The van der Waals surface area contributed by atoms with Crippen molar-refractivity contribution in [3.8, 4) is 0 Å². The molecular formula is C24H25N5O2. The normalized spacial score (nSPS) is 16.6. The first kappa shape index (κ1) is 19.5. The molecule has 1 aliphatic rings. The smallest absolute Gasteiger partial charge is 0.274 e. The van der Waals surface area contributed by atoms with E-state index in [1.54, 1.807) is 6.07 Å². The zero-order valence-electron chi connectivity index (χ0n) is 17.7. The molecule has 4 aromatic rings. The number of nitrogens with one attached hydrogen (secondary N) is 1. The molecule has 0 unspecified atom stereocenters. The number of fused-ring (bicyclic) bond motifs is 2. The fraction of sp³-hybridized carbons (Fsp3) is 0.333. The Bertz CT molecular complexity index is 1300. The highest BCUT2D eigenvalue weighted by Gasteiger charge is 2.32. The van der Waals surface area contributed by atoms with E-state index in [-0.39, 0.29) is 30.0 Å². The molecule has 0 spiro atoms. The van der Waals surface area contributed by atoms with E-state index >= 15 is 0 Å². The number of para-hydroxylation sites is 2. The van der Waals surface area contributed by atoms with Crippen molar-refractivity contribution in [3.63, 3.8) is 0 Å². The third-order valence-electron chi connectivity index (χ3n) is 6.01. The van der Waals surface area contributed by atoms with Crippen molar-refractivity contribution in [3.05, 3.63) is 70.4 Å². The number of hydrogen-bond acceptors (Lipinski definition) is 4. The number of aromatic amines is 1. The maximum atomic E-state index is 13.4. The Labute approximate surface area is 179 Å². The second kappa shape index (κ2) is 7.65. The fourth-order valence-electron chi connectivity index (χ4n) is 4.48. The molecule has 0 aliphatic carbocycles. The number of H-pyrrole nitrogens is 1. The van der Waals surface area contributed by atoms with Crippen molar-refractivity contribution in [1.82, 2.24) is 24.6 Å². The van der Waals surface area contributed by atoms with Crippen molar-refractivity contribution < 1.29 is 4.79 Å². The maximum Gasteiger partial charge on any atom is 0.274 e. The summed E-state index contributed by atoms with van der Waals surface area (Å²) in [6.45, 7) is 4.54. The van der Waals surface area contributed by atoms with E-state index in [2.05, 4.69) is 10.1 Å². The van der Waals surface area contributed by atoms with Gasteiger partial charge in [0.05, 0.1) is 40.6 Å². The van der Waals surface area contributed by atoms with Crippen LogP contribution in [0.4, 0.5) is 0 Å². The Morgan fingerprint density at radius 2 is 1.87 bits per heavy atom. The van der Waals surface area contributed by atoms with Gasteiger partial charge in [0, 0.05) is 11.9 Å². The van der Waals surface area contributed by atoms with Gasteiger partial charge in [-0.15, -0.1) is 0 Å². The summed E-state index contributed by atoms with van der Waals surface area (Å²) in [7, 11) is 0. The second-order valence-electron chi connectivity index (χ2n) is 8.40. The molecule has 7 heteroatoms. The van der Waals surface area contributed by atoms with Crippen LogP contribution in [0.3, 0.4) is 0 Å². The quantitative estimate of drug-likeness (QED) is 0.550. The van der Waals surface area contributed by atoms with Crippen molar-refractivity contribution in [2.45, 2.75) is 45.2 Å². The molecule has 1 saturated heterocycles. The number of carbonyl (C=O) groups is 1. The van der Waals surface area contributed by atoms with Crippen LogP contribution in [-0.4, -0.2) is 37.1 Å².